The smallest absolute Gasteiger partial charge is 0.317 e. The van der Waals surface area contributed by atoms with E-state index in [2.05, 4.69) is 17.1 Å². The first-order chi connectivity index (χ1) is 7.96. The van der Waals surface area contributed by atoms with Crippen LogP contribution in [0.1, 0.15) is 32.6 Å². The fraction of sp³-hybridized carbons (Fsp3) is 1.00. The first kappa shape index (κ1) is 14.8. The van der Waals surface area contributed by atoms with Crippen LogP contribution in [0.15, 0.2) is 0 Å². The molecule has 1 heterocycles. The Balaban J connectivity index is 2.27. The number of hydrogen-bond donors (Lipinski definition) is 1. The Hall–Kier alpha value is -0.290. The SMILES string of the molecule is CCC1CN(CCCC(F)(F)F)CCC1NC. The number of hydrogen-bond acceptors (Lipinski definition) is 2. The molecule has 0 amide bonds. The summed E-state index contributed by atoms with van der Waals surface area (Å²) in [6.45, 7) is 4.57. The number of halogens is 3. The lowest BCUT2D eigenvalue weighted by Gasteiger charge is -2.38. The monoisotopic (exact) mass is 252 g/mol. The highest BCUT2D eigenvalue weighted by molar-refractivity contribution is 4.83. The molecule has 1 aliphatic rings. The van der Waals surface area contributed by atoms with Crippen LogP contribution in [0, 0.1) is 5.92 Å². The Morgan fingerprint density at radius 2 is 2.06 bits per heavy atom. The minimum atomic E-state index is -4.01. The van der Waals surface area contributed by atoms with Crippen molar-refractivity contribution < 1.29 is 13.2 Å². The van der Waals surface area contributed by atoms with Gasteiger partial charge in [-0.15, -0.1) is 0 Å². The van der Waals surface area contributed by atoms with E-state index in [1.54, 1.807) is 0 Å². The van der Waals surface area contributed by atoms with Gasteiger partial charge in [0.05, 0.1) is 0 Å². The van der Waals surface area contributed by atoms with E-state index in [1.165, 1.54) is 0 Å². The number of piperidine rings is 1. The van der Waals surface area contributed by atoms with Gasteiger partial charge in [-0.1, -0.05) is 13.3 Å². The molecule has 0 spiro atoms. The van der Waals surface area contributed by atoms with Crippen molar-refractivity contribution in [2.24, 2.45) is 5.92 Å². The molecule has 2 unspecified atom stereocenters. The lowest BCUT2D eigenvalue weighted by molar-refractivity contribution is -0.136. The second kappa shape index (κ2) is 6.59. The van der Waals surface area contributed by atoms with Gasteiger partial charge in [-0.2, -0.15) is 13.2 Å². The number of alkyl halides is 3. The van der Waals surface area contributed by atoms with Crippen LogP contribution >= 0.6 is 0 Å². The summed E-state index contributed by atoms with van der Waals surface area (Å²) in [6.07, 6.45) is -2.31. The van der Waals surface area contributed by atoms with Gasteiger partial charge in [0.15, 0.2) is 0 Å². The zero-order chi connectivity index (χ0) is 12.9. The van der Waals surface area contributed by atoms with Gasteiger partial charge in [-0.25, -0.2) is 0 Å². The summed E-state index contributed by atoms with van der Waals surface area (Å²) in [6, 6.07) is 0.527. The summed E-state index contributed by atoms with van der Waals surface area (Å²) in [5.74, 6) is 0.569. The van der Waals surface area contributed by atoms with E-state index in [9.17, 15) is 13.2 Å². The summed E-state index contributed by atoms with van der Waals surface area (Å²) >= 11 is 0. The Labute approximate surface area is 102 Å². The van der Waals surface area contributed by atoms with Crippen molar-refractivity contribution in [1.29, 1.82) is 0 Å². The Morgan fingerprint density at radius 3 is 2.59 bits per heavy atom. The van der Waals surface area contributed by atoms with Gasteiger partial charge in [-0.05, 0) is 38.9 Å². The fourth-order valence-electron chi connectivity index (χ4n) is 2.61. The molecule has 102 valence electrons. The minimum Gasteiger partial charge on any atom is -0.317 e. The third kappa shape index (κ3) is 5.25. The van der Waals surface area contributed by atoms with E-state index in [4.69, 9.17) is 0 Å². The Bertz CT molecular complexity index is 218. The highest BCUT2D eigenvalue weighted by Crippen LogP contribution is 2.23. The maximum Gasteiger partial charge on any atom is 0.389 e. The van der Waals surface area contributed by atoms with E-state index < -0.39 is 12.6 Å². The summed E-state index contributed by atoms with van der Waals surface area (Å²) in [7, 11) is 1.96. The van der Waals surface area contributed by atoms with E-state index in [0.717, 1.165) is 25.9 Å². The molecule has 0 aromatic heterocycles. The average molecular weight is 252 g/mol. The van der Waals surface area contributed by atoms with Crippen molar-refractivity contribution in [2.75, 3.05) is 26.7 Å². The van der Waals surface area contributed by atoms with E-state index in [0.29, 0.717) is 18.5 Å². The summed E-state index contributed by atoms with van der Waals surface area (Å²) < 4.78 is 36.1. The average Bonchev–Trinajstić information content (AvgIpc) is 2.27. The fourth-order valence-corrected chi connectivity index (χ4v) is 2.61. The van der Waals surface area contributed by atoms with E-state index in [-0.39, 0.29) is 6.42 Å². The highest BCUT2D eigenvalue weighted by Gasteiger charge is 2.29. The molecule has 1 saturated heterocycles. The van der Waals surface area contributed by atoms with Crippen molar-refractivity contribution in [3.63, 3.8) is 0 Å². The molecule has 0 aromatic rings. The highest BCUT2D eigenvalue weighted by atomic mass is 19.4. The normalized spacial score (nSPS) is 27.4. The molecule has 17 heavy (non-hydrogen) atoms. The quantitative estimate of drug-likeness (QED) is 0.809. The molecule has 2 nitrogen and oxygen atoms in total. The van der Waals surface area contributed by atoms with E-state index in [1.807, 2.05) is 7.05 Å². The van der Waals surface area contributed by atoms with Gasteiger partial charge in [0.2, 0.25) is 0 Å². The maximum absolute atomic E-state index is 12.0. The molecule has 0 aliphatic carbocycles. The van der Waals surface area contributed by atoms with Crippen LogP contribution in [0.4, 0.5) is 13.2 Å². The predicted octanol–water partition coefficient (Wildman–Crippen LogP) is 2.65. The third-order valence-electron chi connectivity index (χ3n) is 3.65. The molecule has 0 radical (unpaired) electrons. The zero-order valence-corrected chi connectivity index (χ0v) is 10.7. The molecule has 0 saturated carbocycles. The molecule has 1 fully saturated rings. The second-order valence-electron chi connectivity index (χ2n) is 4.87. The van der Waals surface area contributed by atoms with Gasteiger partial charge in [-0.3, -0.25) is 0 Å². The summed E-state index contributed by atoms with van der Waals surface area (Å²) in [5, 5.41) is 3.30. The number of likely N-dealkylation sites (tertiary alicyclic amines) is 1. The minimum absolute atomic E-state index is 0.226. The Kier molecular flexibility index (Phi) is 5.73. The van der Waals surface area contributed by atoms with Crippen LogP contribution in [0.5, 0.6) is 0 Å². The topological polar surface area (TPSA) is 15.3 Å². The molecule has 1 N–H and O–H groups in total. The van der Waals surface area contributed by atoms with Gasteiger partial charge in [0.1, 0.15) is 0 Å². The molecule has 1 rings (SSSR count). The van der Waals surface area contributed by atoms with Crippen LogP contribution in [0.25, 0.3) is 0 Å². The molecule has 2 atom stereocenters. The van der Waals surface area contributed by atoms with Gasteiger partial charge in [0.25, 0.3) is 0 Å². The maximum atomic E-state index is 12.0. The van der Waals surface area contributed by atoms with Gasteiger partial charge >= 0.3 is 6.18 Å². The van der Waals surface area contributed by atoms with Crippen LogP contribution in [-0.2, 0) is 0 Å². The van der Waals surface area contributed by atoms with E-state index >= 15 is 0 Å². The lowest BCUT2D eigenvalue weighted by Crippen LogP contribution is -2.48. The molecule has 5 heteroatoms. The first-order valence-electron chi connectivity index (χ1n) is 6.42. The first-order valence-corrected chi connectivity index (χ1v) is 6.42. The molecule has 1 aliphatic heterocycles. The number of nitrogens with zero attached hydrogens (tertiary/aromatic N) is 1. The van der Waals surface area contributed by atoms with Crippen LogP contribution in [0.3, 0.4) is 0 Å². The molecular formula is C12H23F3N2. The number of nitrogens with one attached hydrogen (secondary N) is 1. The summed E-state index contributed by atoms with van der Waals surface area (Å²) in [5.41, 5.74) is 0. The lowest BCUT2D eigenvalue weighted by atomic mass is 9.90. The van der Waals surface area contributed by atoms with Crippen molar-refractivity contribution in [1.82, 2.24) is 10.2 Å². The summed E-state index contributed by atoms with van der Waals surface area (Å²) in [4.78, 5) is 2.17. The standard InChI is InChI=1S/C12H23F3N2/c1-3-10-9-17(8-5-11(10)16-2)7-4-6-12(13,14)15/h10-11,16H,3-9H2,1-2H3. The Morgan fingerprint density at radius 1 is 1.35 bits per heavy atom. The predicted molar refractivity (Wildman–Crippen MR) is 63.0 cm³/mol. The van der Waals surface area contributed by atoms with Gasteiger partial charge in [0, 0.05) is 19.0 Å². The van der Waals surface area contributed by atoms with Crippen molar-refractivity contribution in [3.8, 4) is 0 Å². The van der Waals surface area contributed by atoms with Crippen LogP contribution in [0.2, 0.25) is 0 Å². The largest absolute Gasteiger partial charge is 0.389 e. The third-order valence-corrected chi connectivity index (χ3v) is 3.65. The molecule has 0 bridgehead atoms. The van der Waals surface area contributed by atoms with Crippen molar-refractivity contribution in [3.05, 3.63) is 0 Å². The molecular weight excluding hydrogens is 229 g/mol. The van der Waals surface area contributed by atoms with Crippen LogP contribution in [-0.4, -0.2) is 43.8 Å². The van der Waals surface area contributed by atoms with Crippen molar-refractivity contribution in [2.45, 2.75) is 44.8 Å². The second-order valence-corrected chi connectivity index (χ2v) is 4.87. The number of rotatable bonds is 5. The zero-order valence-electron chi connectivity index (χ0n) is 10.7. The molecule has 0 aromatic carbocycles. The van der Waals surface area contributed by atoms with Crippen LogP contribution < -0.4 is 5.32 Å². The van der Waals surface area contributed by atoms with Gasteiger partial charge < -0.3 is 10.2 Å². The van der Waals surface area contributed by atoms with Crippen molar-refractivity contribution >= 4 is 0 Å².